The van der Waals surface area contributed by atoms with Crippen LogP contribution in [0.4, 0.5) is 5.69 Å². The number of aryl methyl sites for hydroxylation is 1. The molecule has 1 heterocycles. The van der Waals surface area contributed by atoms with Crippen LogP contribution < -0.4 is 15.4 Å². The number of halogens is 1. The molecule has 0 aliphatic carbocycles. The van der Waals surface area contributed by atoms with Crippen molar-refractivity contribution in [2.24, 2.45) is 0 Å². The lowest BCUT2D eigenvalue weighted by Crippen LogP contribution is -2.45. The van der Waals surface area contributed by atoms with Gasteiger partial charge in [-0.3, -0.25) is 4.79 Å². The summed E-state index contributed by atoms with van der Waals surface area (Å²) in [4.78, 5) is 12.2. The molecule has 3 rings (SSSR count). The van der Waals surface area contributed by atoms with Gasteiger partial charge in [-0.25, -0.2) is 0 Å². The lowest BCUT2D eigenvalue weighted by atomic mass is 10.1. The highest BCUT2D eigenvalue weighted by Gasteiger charge is 2.21. The molecule has 1 unspecified atom stereocenters. The topological polar surface area (TPSA) is 59.6 Å². The average molecular weight is 363 g/mol. The summed E-state index contributed by atoms with van der Waals surface area (Å²) in [5.41, 5.74) is 3.03. The Morgan fingerprint density at radius 3 is 2.88 bits per heavy atom. The Hall–Kier alpha value is -2.08. The van der Waals surface area contributed by atoms with Gasteiger partial charge in [0, 0.05) is 24.8 Å². The summed E-state index contributed by atoms with van der Waals surface area (Å²) in [6.45, 7) is 4.43. The Labute approximate surface area is 154 Å². The van der Waals surface area contributed by atoms with E-state index in [9.17, 15) is 4.79 Å². The van der Waals surface area contributed by atoms with Crippen LogP contribution in [0.5, 0.6) is 5.75 Å². The van der Waals surface area contributed by atoms with Crippen molar-refractivity contribution in [3.63, 3.8) is 0 Å². The largest absolute Gasteiger partial charge is 0.489 e. The van der Waals surface area contributed by atoms with Crippen LogP contribution in [0.1, 0.15) is 11.1 Å². The fraction of sp³-hybridized carbons (Fsp3) is 0.316. The van der Waals surface area contributed by atoms with E-state index >= 15 is 0 Å². The first-order valence-electron chi connectivity index (χ1n) is 8.12. The Morgan fingerprint density at radius 1 is 1.28 bits per heavy atom. The molecule has 5 nitrogen and oxygen atoms in total. The van der Waals surface area contributed by atoms with Crippen LogP contribution in [0.2, 0.25) is 0 Å². The summed E-state index contributed by atoms with van der Waals surface area (Å²) in [7, 11) is 0. The Balaban J connectivity index is 0.00000225. The van der Waals surface area contributed by atoms with Crippen LogP contribution in [-0.2, 0) is 16.1 Å². The maximum absolute atomic E-state index is 12.2. The number of hydrogen-bond acceptors (Lipinski definition) is 4. The zero-order chi connectivity index (χ0) is 16.8. The van der Waals surface area contributed by atoms with Crippen molar-refractivity contribution in [2.75, 3.05) is 25.0 Å². The Morgan fingerprint density at radius 2 is 2.12 bits per heavy atom. The van der Waals surface area contributed by atoms with E-state index in [-0.39, 0.29) is 18.3 Å². The maximum Gasteiger partial charge on any atom is 0.254 e. The van der Waals surface area contributed by atoms with Gasteiger partial charge in [0.15, 0.2) is 0 Å². The second-order valence-electron chi connectivity index (χ2n) is 5.86. The standard InChI is InChI=1S/C19H22N2O3.ClH/c1-14-4-2-5-15(10-14)13-24-17-7-3-6-16(11-17)21-19(22)18-12-20-8-9-23-18;/h2-7,10-11,18,20H,8-9,12-13H2,1H3,(H,21,22);1H. The Kier molecular flexibility index (Phi) is 7.25. The summed E-state index contributed by atoms with van der Waals surface area (Å²) in [6.07, 6.45) is -0.449. The number of rotatable bonds is 5. The number of ether oxygens (including phenoxy) is 2. The van der Waals surface area contributed by atoms with Gasteiger partial charge in [-0.05, 0) is 24.6 Å². The highest BCUT2D eigenvalue weighted by molar-refractivity contribution is 5.94. The van der Waals surface area contributed by atoms with Gasteiger partial charge in [0.05, 0.1) is 6.61 Å². The predicted molar refractivity (Wildman–Crippen MR) is 100 cm³/mol. The van der Waals surface area contributed by atoms with E-state index in [1.165, 1.54) is 5.56 Å². The Bertz CT molecular complexity index is 703. The van der Waals surface area contributed by atoms with Gasteiger partial charge >= 0.3 is 0 Å². The van der Waals surface area contributed by atoms with Crippen molar-refractivity contribution < 1.29 is 14.3 Å². The number of nitrogens with one attached hydrogen (secondary N) is 2. The normalized spacial score (nSPS) is 16.6. The summed E-state index contributed by atoms with van der Waals surface area (Å²) in [6, 6.07) is 15.6. The minimum atomic E-state index is -0.449. The van der Waals surface area contributed by atoms with Crippen LogP contribution in [-0.4, -0.2) is 31.7 Å². The first-order valence-corrected chi connectivity index (χ1v) is 8.12. The van der Waals surface area contributed by atoms with Crippen LogP contribution >= 0.6 is 12.4 Å². The highest BCUT2D eigenvalue weighted by Crippen LogP contribution is 2.19. The molecule has 0 aromatic heterocycles. The molecule has 2 N–H and O–H groups in total. The van der Waals surface area contributed by atoms with Gasteiger partial charge in [0.2, 0.25) is 0 Å². The van der Waals surface area contributed by atoms with E-state index in [1.807, 2.05) is 36.4 Å². The second kappa shape index (κ2) is 9.42. The molecule has 6 heteroatoms. The minimum absolute atomic E-state index is 0. The number of hydrogen-bond donors (Lipinski definition) is 2. The van der Waals surface area contributed by atoms with Gasteiger partial charge in [-0.1, -0.05) is 35.9 Å². The molecule has 1 atom stereocenters. The van der Waals surface area contributed by atoms with Crippen LogP contribution in [0.25, 0.3) is 0 Å². The molecule has 1 saturated heterocycles. The van der Waals surface area contributed by atoms with Crippen molar-refractivity contribution in [3.05, 3.63) is 59.7 Å². The van der Waals surface area contributed by atoms with Gasteiger partial charge in [-0.2, -0.15) is 0 Å². The summed E-state index contributed by atoms with van der Waals surface area (Å²) < 4.78 is 11.3. The molecule has 1 aliphatic heterocycles. The third kappa shape index (κ3) is 5.74. The number of benzene rings is 2. The van der Waals surface area contributed by atoms with Crippen LogP contribution in [0.15, 0.2) is 48.5 Å². The number of morpholine rings is 1. The first-order chi connectivity index (χ1) is 11.7. The number of carbonyl (C=O) groups is 1. The highest BCUT2D eigenvalue weighted by atomic mass is 35.5. The second-order valence-corrected chi connectivity index (χ2v) is 5.86. The zero-order valence-corrected chi connectivity index (χ0v) is 15.0. The van der Waals surface area contributed by atoms with Gasteiger partial charge < -0.3 is 20.1 Å². The lowest BCUT2D eigenvalue weighted by Gasteiger charge is -2.22. The zero-order valence-electron chi connectivity index (χ0n) is 14.2. The van der Waals surface area contributed by atoms with Crippen molar-refractivity contribution in [1.29, 1.82) is 0 Å². The molecular formula is C19H23ClN2O3. The SMILES string of the molecule is Cc1cccc(COc2cccc(NC(=O)C3CNCCO3)c2)c1.Cl. The van der Waals surface area contributed by atoms with Crippen molar-refractivity contribution >= 4 is 24.0 Å². The summed E-state index contributed by atoms with van der Waals surface area (Å²) in [5.74, 6) is 0.579. The number of amides is 1. The van der Waals surface area contributed by atoms with Crippen LogP contribution in [0.3, 0.4) is 0 Å². The summed E-state index contributed by atoms with van der Waals surface area (Å²) >= 11 is 0. The predicted octanol–water partition coefficient (Wildman–Crippen LogP) is 2.92. The maximum atomic E-state index is 12.2. The minimum Gasteiger partial charge on any atom is -0.489 e. The molecule has 0 radical (unpaired) electrons. The quantitative estimate of drug-likeness (QED) is 0.858. The molecule has 134 valence electrons. The fourth-order valence-corrected chi connectivity index (χ4v) is 2.59. The van der Waals surface area contributed by atoms with Crippen molar-refractivity contribution in [1.82, 2.24) is 5.32 Å². The third-order valence-corrected chi connectivity index (χ3v) is 3.81. The lowest BCUT2D eigenvalue weighted by molar-refractivity contribution is -0.128. The fourth-order valence-electron chi connectivity index (χ4n) is 2.59. The van der Waals surface area contributed by atoms with E-state index in [0.29, 0.717) is 25.4 Å². The van der Waals surface area contributed by atoms with E-state index in [0.717, 1.165) is 17.9 Å². The van der Waals surface area contributed by atoms with Crippen molar-refractivity contribution in [3.8, 4) is 5.75 Å². The first kappa shape index (κ1) is 19.2. The third-order valence-electron chi connectivity index (χ3n) is 3.81. The molecule has 2 aromatic carbocycles. The average Bonchev–Trinajstić information content (AvgIpc) is 2.61. The van der Waals surface area contributed by atoms with Gasteiger partial charge in [-0.15, -0.1) is 12.4 Å². The molecular weight excluding hydrogens is 340 g/mol. The molecule has 2 aromatic rings. The molecule has 1 fully saturated rings. The summed E-state index contributed by atoms with van der Waals surface area (Å²) in [5, 5.41) is 6.02. The van der Waals surface area contributed by atoms with Gasteiger partial charge in [0.25, 0.3) is 5.91 Å². The number of anilines is 1. The van der Waals surface area contributed by atoms with E-state index in [2.05, 4.69) is 29.7 Å². The van der Waals surface area contributed by atoms with E-state index < -0.39 is 6.10 Å². The van der Waals surface area contributed by atoms with Crippen LogP contribution in [0, 0.1) is 6.92 Å². The molecule has 0 saturated carbocycles. The molecule has 0 spiro atoms. The monoisotopic (exact) mass is 362 g/mol. The van der Waals surface area contributed by atoms with Crippen molar-refractivity contribution in [2.45, 2.75) is 19.6 Å². The van der Waals surface area contributed by atoms with E-state index in [1.54, 1.807) is 0 Å². The molecule has 1 aliphatic rings. The smallest absolute Gasteiger partial charge is 0.254 e. The van der Waals surface area contributed by atoms with E-state index in [4.69, 9.17) is 9.47 Å². The molecule has 0 bridgehead atoms. The molecule has 1 amide bonds. The number of carbonyl (C=O) groups excluding carboxylic acids is 1. The van der Waals surface area contributed by atoms with Gasteiger partial charge in [0.1, 0.15) is 18.5 Å². The molecule has 25 heavy (non-hydrogen) atoms.